The van der Waals surface area contributed by atoms with Gasteiger partial charge in [-0.1, -0.05) is 0 Å². The molecule has 2 radical (unpaired) electrons. The molecule has 0 aromatic rings. The van der Waals surface area contributed by atoms with Crippen molar-refractivity contribution >= 4 is 81.9 Å². The molecule has 0 nitrogen and oxygen atoms in total. The molecule has 4 heteroatoms. The van der Waals surface area contributed by atoms with Gasteiger partial charge in [-0.25, -0.2) is 0 Å². The minimum Gasteiger partial charge on any atom is -0.171 e. The molecule has 0 aliphatic heterocycles. The summed E-state index contributed by atoms with van der Waals surface area (Å²) in [5, 5.41) is 0. The summed E-state index contributed by atoms with van der Waals surface area (Å²) < 4.78 is 9.47. The Hall–Kier alpha value is 2.66. The van der Waals surface area contributed by atoms with Crippen LogP contribution < -0.4 is 0 Å². The van der Waals surface area contributed by atoms with Crippen LogP contribution >= 0.6 is 33.1 Å². The molecule has 0 aliphatic rings. The molecule has 0 aromatic heterocycles. The van der Waals surface area contributed by atoms with Gasteiger partial charge in [0.15, 0.2) is 23.2 Å². The van der Waals surface area contributed by atoms with Crippen LogP contribution in [0.4, 0.5) is 2.86 Å². The normalized spacial score (nSPS) is 1.50. The number of halogens is 2. The molecule has 0 aromatic carbocycles. The van der Waals surface area contributed by atoms with Gasteiger partial charge in [0.2, 0.25) is 0 Å². The summed E-state index contributed by atoms with van der Waals surface area (Å²) >= 11 is 0.650. The predicted octanol–water partition coefficient (Wildman–Crippen LogP) is 0.983. The van der Waals surface area contributed by atoms with Crippen LogP contribution in [0.2, 0.25) is 0 Å². The van der Waals surface area contributed by atoms with E-state index >= 15 is 0 Å². The molecule has 1 unspecified atom stereocenters. The second-order valence-electron chi connectivity index (χ2n) is 0. The molecule has 0 aliphatic carbocycles. The van der Waals surface area contributed by atoms with Crippen LogP contribution in [0.25, 0.3) is 0 Å². The monoisotopic (exact) mass is 318 g/mol. The first-order valence-electron chi connectivity index (χ1n) is 0.143. The van der Waals surface area contributed by atoms with Crippen LogP contribution in [0.5, 0.6) is 0 Å². The Bertz CT molecular complexity index is 8.00. The van der Waals surface area contributed by atoms with Crippen molar-refractivity contribution in [2.24, 2.45) is 0 Å². The van der Waals surface area contributed by atoms with E-state index in [1.807, 2.05) is 0 Å². The van der Waals surface area contributed by atoms with Crippen LogP contribution in [0.15, 0.2) is 0 Å². The fraction of sp³-hybridized carbons (Fsp3) is 0. The third-order valence-corrected chi connectivity index (χ3v) is 0. The van der Waals surface area contributed by atoms with Gasteiger partial charge in [-0.2, -0.15) is 12.8 Å². The first-order chi connectivity index (χ1) is 1.00. The standard InChI is InChI=1S/Ba.FI.H3P/c;1-2;/h;;1H3. The van der Waals surface area contributed by atoms with Crippen LogP contribution in [0.1, 0.15) is 0 Å². The quantitative estimate of drug-likeness (QED) is 0.355. The van der Waals surface area contributed by atoms with Crippen molar-refractivity contribution in [2.45, 2.75) is 0 Å². The fourth-order valence-electron chi connectivity index (χ4n) is 0. The Morgan fingerprint density at radius 2 is 1.25 bits per heavy atom. The molecule has 0 spiro atoms. The Morgan fingerprint density at radius 3 is 1.25 bits per heavy atom. The molecule has 1 atom stereocenters. The van der Waals surface area contributed by atoms with Crippen molar-refractivity contribution in [3.05, 3.63) is 0 Å². The maximum absolute atomic E-state index is 9.47. The average molecular weight is 317 g/mol. The van der Waals surface area contributed by atoms with Gasteiger partial charge in [0, 0.05) is 48.9 Å². The molecule has 0 fully saturated rings. The zero-order valence-corrected chi connectivity index (χ0v) is 10.2. The van der Waals surface area contributed by atoms with Gasteiger partial charge in [0.1, 0.15) is 0 Å². The average Bonchev–Trinajstić information content (AvgIpc) is 1.00. The molecule has 0 saturated carbocycles. The summed E-state index contributed by atoms with van der Waals surface area (Å²) in [7, 11) is 0. The minimum atomic E-state index is 0. The van der Waals surface area contributed by atoms with Crippen molar-refractivity contribution < 1.29 is 2.86 Å². The molecule has 4 heavy (non-hydrogen) atoms. The molecular weight excluding hydrogens is 314 g/mol. The largest absolute Gasteiger partial charge is 0.171 e. The maximum Gasteiger partial charge on any atom is 0.171 e. The van der Waals surface area contributed by atoms with E-state index in [-0.39, 0.29) is 58.8 Å². The second kappa shape index (κ2) is 17.4. The Balaban J connectivity index is -0.00000000500. The number of hydrogen-bond acceptors (Lipinski definition) is 0. The van der Waals surface area contributed by atoms with E-state index < -0.39 is 0 Å². The molecule has 0 rings (SSSR count). The third kappa shape index (κ3) is 8.82. The number of hydrogen-bond donors (Lipinski definition) is 0. The summed E-state index contributed by atoms with van der Waals surface area (Å²) in [4.78, 5) is 0. The zero-order valence-electron chi connectivity index (χ0n) is 2.17. The van der Waals surface area contributed by atoms with E-state index in [0.29, 0.717) is 23.2 Å². The Labute approximate surface area is 82.9 Å². The minimum absolute atomic E-state index is 0. The summed E-state index contributed by atoms with van der Waals surface area (Å²) in [6, 6.07) is 0. The fourth-order valence-corrected chi connectivity index (χ4v) is 0. The number of rotatable bonds is 0. The van der Waals surface area contributed by atoms with Gasteiger partial charge in [-0.3, -0.25) is 0 Å². The van der Waals surface area contributed by atoms with Crippen molar-refractivity contribution in [1.29, 1.82) is 0 Å². The summed E-state index contributed by atoms with van der Waals surface area (Å²) in [5.41, 5.74) is 0. The topological polar surface area (TPSA) is 0 Å². The molecule has 0 heterocycles. The van der Waals surface area contributed by atoms with E-state index in [9.17, 15) is 2.86 Å². The summed E-state index contributed by atoms with van der Waals surface area (Å²) in [6.07, 6.45) is 0. The zero-order chi connectivity index (χ0) is 2.00. The van der Waals surface area contributed by atoms with E-state index in [4.69, 9.17) is 0 Å². The van der Waals surface area contributed by atoms with E-state index in [0.717, 1.165) is 0 Å². The van der Waals surface area contributed by atoms with Crippen molar-refractivity contribution in [3.63, 3.8) is 0 Å². The van der Waals surface area contributed by atoms with Gasteiger partial charge >= 0.3 is 0 Å². The van der Waals surface area contributed by atoms with Gasteiger partial charge in [0.05, 0.1) is 0 Å². The predicted molar refractivity (Wildman–Crippen MR) is 32.0 cm³/mol. The first kappa shape index (κ1) is 15.9. The SMILES string of the molecule is FI.P.[Ba]. The van der Waals surface area contributed by atoms with Crippen LogP contribution in [0, 0.1) is 0 Å². The van der Waals surface area contributed by atoms with Crippen molar-refractivity contribution in [3.8, 4) is 0 Å². The Morgan fingerprint density at radius 1 is 1.25 bits per heavy atom. The smallest absolute Gasteiger partial charge is 0.171 e. The summed E-state index contributed by atoms with van der Waals surface area (Å²) in [5.74, 6) is 0. The van der Waals surface area contributed by atoms with Crippen LogP contribution in [0.3, 0.4) is 0 Å². The van der Waals surface area contributed by atoms with Crippen molar-refractivity contribution in [2.75, 3.05) is 0 Å². The summed E-state index contributed by atoms with van der Waals surface area (Å²) in [6.45, 7) is 0. The molecular formula is H3BaFIP. The Kier molecular flexibility index (Phi) is 69.2. The van der Waals surface area contributed by atoms with Crippen LogP contribution in [-0.4, -0.2) is 48.9 Å². The van der Waals surface area contributed by atoms with E-state index in [1.165, 1.54) is 0 Å². The molecule has 0 saturated heterocycles. The van der Waals surface area contributed by atoms with E-state index in [2.05, 4.69) is 0 Å². The van der Waals surface area contributed by atoms with Crippen molar-refractivity contribution in [1.82, 2.24) is 0 Å². The molecule has 24 valence electrons. The van der Waals surface area contributed by atoms with Crippen LogP contribution in [-0.2, 0) is 0 Å². The second-order valence-corrected chi connectivity index (χ2v) is 0. The van der Waals surface area contributed by atoms with Gasteiger partial charge in [-0.15, -0.1) is 0 Å². The van der Waals surface area contributed by atoms with E-state index in [1.54, 1.807) is 0 Å². The maximum atomic E-state index is 9.47. The molecule has 0 N–H and O–H groups in total. The molecule has 0 bridgehead atoms. The molecule has 0 amide bonds. The first-order valence-corrected chi connectivity index (χ1v) is 0.958. The third-order valence-electron chi connectivity index (χ3n) is 0. The van der Waals surface area contributed by atoms with Gasteiger partial charge < -0.3 is 0 Å². The van der Waals surface area contributed by atoms with Gasteiger partial charge in [0.25, 0.3) is 0 Å². The van der Waals surface area contributed by atoms with Gasteiger partial charge in [-0.05, 0) is 0 Å².